The highest BCUT2D eigenvalue weighted by molar-refractivity contribution is 6.02. The van der Waals surface area contributed by atoms with Gasteiger partial charge in [-0.25, -0.2) is 9.59 Å². The number of nitrogen functional groups attached to an aromatic ring is 1. The average molecular weight is 251 g/mol. The Morgan fingerprint density at radius 2 is 1.83 bits per heavy atom. The van der Waals surface area contributed by atoms with Gasteiger partial charge in [0.2, 0.25) is 0 Å². The van der Waals surface area contributed by atoms with Crippen LogP contribution in [0.4, 0.5) is 5.69 Å². The molecule has 5 nitrogen and oxygen atoms in total. The molecule has 0 bridgehead atoms. The van der Waals surface area contributed by atoms with E-state index in [4.69, 9.17) is 10.5 Å². The molecule has 0 fully saturated rings. The summed E-state index contributed by atoms with van der Waals surface area (Å²) in [4.78, 5) is 23.5. The number of aryl methyl sites for hydroxylation is 1. The van der Waals surface area contributed by atoms with Crippen molar-refractivity contribution < 1.29 is 19.1 Å². The topological polar surface area (TPSA) is 78.6 Å². The van der Waals surface area contributed by atoms with Crippen molar-refractivity contribution in [1.82, 2.24) is 0 Å². The minimum absolute atomic E-state index is 0.214. The van der Waals surface area contributed by atoms with Crippen molar-refractivity contribution in [3.05, 3.63) is 28.3 Å². The Kier molecular flexibility index (Phi) is 4.31. The Balaban J connectivity index is 3.44. The van der Waals surface area contributed by atoms with Crippen molar-refractivity contribution in [3.8, 4) is 0 Å². The number of rotatable bonds is 3. The molecule has 0 saturated heterocycles. The molecule has 1 rings (SSSR count). The van der Waals surface area contributed by atoms with Gasteiger partial charge in [0, 0.05) is 5.69 Å². The summed E-state index contributed by atoms with van der Waals surface area (Å²) in [5.74, 6) is -1.02. The molecule has 18 heavy (non-hydrogen) atoms. The molecule has 0 aromatic heterocycles. The van der Waals surface area contributed by atoms with Crippen LogP contribution in [0.15, 0.2) is 6.07 Å². The van der Waals surface area contributed by atoms with Crippen molar-refractivity contribution in [1.29, 1.82) is 0 Å². The van der Waals surface area contributed by atoms with Gasteiger partial charge in [0.15, 0.2) is 0 Å². The van der Waals surface area contributed by atoms with E-state index >= 15 is 0 Å². The first-order chi connectivity index (χ1) is 8.43. The number of nitrogens with two attached hydrogens (primary N) is 1. The molecule has 0 amide bonds. The minimum atomic E-state index is -0.560. The van der Waals surface area contributed by atoms with E-state index in [2.05, 4.69) is 4.74 Å². The van der Waals surface area contributed by atoms with Gasteiger partial charge in [0.25, 0.3) is 0 Å². The zero-order valence-corrected chi connectivity index (χ0v) is 11.0. The van der Waals surface area contributed by atoms with Gasteiger partial charge in [0.1, 0.15) is 0 Å². The van der Waals surface area contributed by atoms with Crippen molar-refractivity contribution in [2.24, 2.45) is 0 Å². The predicted molar refractivity (Wildman–Crippen MR) is 67.6 cm³/mol. The smallest absolute Gasteiger partial charge is 0.340 e. The molecule has 1 aromatic rings. The summed E-state index contributed by atoms with van der Waals surface area (Å²) in [7, 11) is 1.27. The van der Waals surface area contributed by atoms with E-state index in [9.17, 15) is 9.59 Å². The van der Waals surface area contributed by atoms with Crippen LogP contribution in [-0.2, 0) is 9.47 Å². The molecular formula is C13H17NO4. The van der Waals surface area contributed by atoms with Crippen LogP contribution in [0, 0.1) is 13.8 Å². The first-order valence-electron chi connectivity index (χ1n) is 5.59. The Hall–Kier alpha value is -2.04. The van der Waals surface area contributed by atoms with Gasteiger partial charge in [-0.3, -0.25) is 0 Å². The van der Waals surface area contributed by atoms with E-state index in [0.717, 1.165) is 0 Å². The Morgan fingerprint density at radius 3 is 2.33 bits per heavy atom. The van der Waals surface area contributed by atoms with Crippen LogP contribution < -0.4 is 5.73 Å². The molecule has 2 N–H and O–H groups in total. The Bertz CT molecular complexity index is 494. The first-order valence-corrected chi connectivity index (χ1v) is 5.59. The van der Waals surface area contributed by atoms with Gasteiger partial charge >= 0.3 is 11.9 Å². The minimum Gasteiger partial charge on any atom is -0.465 e. The fourth-order valence-corrected chi connectivity index (χ4v) is 1.91. The number of hydrogen-bond acceptors (Lipinski definition) is 5. The third-order valence-corrected chi connectivity index (χ3v) is 2.67. The first kappa shape index (κ1) is 14.0. The molecule has 0 atom stereocenters. The maximum Gasteiger partial charge on any atom is 0.340 e. The Labute approximate surface area is 106 Å². The lowest BCUT2D eigenvalue weighted by Gasteiger charge is -2.14. The summed E-state index contributed by atoms with van der Waals surface area (Å²) in [6, 6.07) is 1.57. The predicted octanol–water partition coefficient (Wildman–Crippen LogP) is 1.85. The molecule has 0 heterocycles. The molecule has 0 radical (unpaired) electrons. The van der Waals surface area contributed by atoms with Crippen LogP contribution >= 0.6 is 0 Å². The SMILES string of the molecule is CCOC(=O)c1c(C)cc(N)c(C(=O)OC)c1C. The Morgan fingerprint density at radius 1 is 1.22 bits per heavy atom. The second-order valence-corrected chi connectivity index (χ2v) is 3.87. The molecular weight excluding hydrogens is 234 g/mol. The van der Waals surface area contributed by atoms with E-state index in [0.29, 0.717) is 22.4 Å². The second-order valence-electron chi connectivity index (χ2n) is 3.87. The van der Waals surface area contributed by atoms with Gasteiger partial charge in [0.05, 0.1) is 24.8 Å². The van der Waals surface area contributed by atoms with E-state index in [1.165, 1.54) is 7.11 Å². The van der Waals surface area contributed by atoms with Crippen molar-refractivity contribution in [3.63, 3.8) is 0 Å². The van der Waals surface area contributed by atoms with E-state index in [-0.39, 0.29) is 12.2 Å². The summed E-state index contributed by atoms with van der Waals surface area (Å²) >= 11 is 0. The number of esters is 2. The van der Waals surface area contributed by atoms with E-state index < -0.39 is 11.9 Å². The zero-order valence-electron chi connectivity index (χ0n) is 11.0. The number of anilines is 1. The second kappa shape index (κ2) is 5.53. The summed E-state index contributed by atoms with van der Waals surface area (Å²) in [6.45, 7) is 5.40. The number of carbonyl (C=O) groups is 2. The monoisotopic (exact) mass is 251 g/mol. The van der Waals surface area contributed by atoms with E-state index in [1.54, 1.807) is 26.8 Å². The van der Waals surface area contributed by atoms with Crippen molar-refractivity contribution in [2.45, 2.75) is 20.8 Å². The highest BCUT2D eigenvalue weighted by atomic mass is 16.5. The highest BCUT2D eigenvalue weighted by Crippen LogP contribution is 2.25. The highest BCUT2D eigenvalue weighted by Gasteiger charge is 2.22. The lowest BCUT2D eigenvalue weighted by Crippen LogP contribution is -2.15. The maximum atomic E-state index is 11.8. The standard InChI is InChI=1S/C13H17NO4/c1-5-18-13(16)10-7(2)6-9(14)11(8(10)3)12(15)17-4/h6H,5,14H2,1-4H3. The molecule has 98 valence electrons. The fourth-order valence-electron chi connectivity index (χ4n) is 1.91. The third kappa shape index (κ3) is 2.45. The summed E-state index contributed by atoms with van der Waals surface area (Å²) in [5, 5.41) is 0. The van der Waals surface area contributed by atoms with Crippen LogP contribution in [0.3, 0.4) is 0 Å². The van der Waals surface area contributed by atoms with Crippen LogP contribution in [0.1, 0.15) is 38.8 Å². The lowest BCUT2D eigenvalue weighted by molar-refractivity contribution is 0.0524. The summed E-state index contributed by atoms with van der Waals surface area (Å²) < 4.78 is 9.63. The van der Waals surface area contributed by atoms with Gasteiger partial charge in [-0.1, -0.05) is 0 Å². The summed E-state index contributed by atoms with van der Waals surface area (Å²) in [6.07, 6.45) is 0. The number of benzene rings is 1. The molecule has 1 aromatic carbocycles. The maximum absolute atomic E-state index is 11.8. The number of ether oxygens (including phenoxy) is 2. The van der Waals surface area contributed by atoms with Crippen LogP contribution in [0.25, 0.3) is 0 Å². The van der Waals surface area contributed by atoms with E-state index in [1.807, 2.05) is 0 Å². The number of hydrogen-bond donors (Lipinski definition) is 1. The molecule has 0 unspecified atom stereocenters. The summed E-state index contributed by atoms with van der Waals surface area (Å²) in [5.41, 5.74) is 7.83. The van der Waals surface area contributed by atoms with Crippen molar-refractivity contribution >= 4 is 17.6 Å². The average Bonchev–Trinajstić information content (AvgIpc) is 2.28. The normalized spacial score (nSPS) is 10.0. The quantitative estimate of drug-likeness (QED) is 0.655. The molecule has 5 heteroatoms. The largest absolute Gasteiger partial charge is 0.465 e. The van der Waals surface area contributed by atoms with Crippen LogP contribution in [0.2, 0.25) is 0 Å². The number of carbonyl (C=O) groups excluding carboxylic acids is 2. The van der Waals surface area contributed by atoms with Gasteiger partial charge in [-0.05, 0) is 38.0 Å². The van der Waals surface area contributed by atoms with Crippen molar-refractivity contribution in [2.75, 3.05) is 19.5 Å². The third-order valence-electron chi connectivity index (χ3n) is 2.67. The molecule has 0 aliphatic heterocycles. The van der Waals surface area contributed by atoms with Crippen LogP contribution in [-0.4, -0.2) is 25.7 Å². The fraction of sp³-hybridized carbons (Fsp3) is 0.385. The van der Waals surface area contributed by atoms with Gasteiger partial charge < -0.3 is 15.2 Å². The van der Waals surface area contributed by atoms with Gasteiger partial charge in [-0.2, -0.15) is 0 Å². The van der Waals surface area contributed by atoms with Crippen LogP contribution in [0.5, 0.6) is 0 Å². The molecule has 0 spiro atoms. The zero-order chi connectivity index (χ0) is 13.9. The van der Waals surface area contributed by atoms with Gasteiger partial charge in [-0.15, -0.1) is 0 Å². The molecule has 0 aliphatic carbocycles. The number of methoxy groups -OCH3 is 1. The molecule has 0 saturated carbocycles. The molecule has 0 aliphatic rings. The lowest BCUT2D eigenvalue weighted by atomic mass is 9.96.